The topological polar surface area (TPSA) is 101 Å². The molecule has 0 aliphatic rings. The van der Waals surface area contributed by atoms with Crippen LogP contribution in [-0.2, 0) is 0 Å². The van der Waals surface area contributed by atoms with Gasteiger partial charge in [0.15, 0.2) is 0 Å². The summed E-state index contributed by atoms with van der Waals surface area (Å²) in [6, 6.07) is 5.95. The molecular weight excluding hydrogens is 326 g/mol. The van der Waals surface area contributed by atoms with Crippen LogP contribution in [-0.4, -0.2) is 16.6 Å². The van der Waals surface area contributed by atoms with E-state index in [4.69, 9.17) is 17.3 Å². The van der Waals surface area contributed by atoms with E-state index in [1.54, 1.807) is 12.1 Å². The molecule has 0 saturated carbocycles. The molecule has 0 unspecified atom stereocenters. The Morgan fingerprint density at radius 2 is 2.00 bits per heavy atom. The number of aliphatic hydroxyl groups excluding tert-OH is 1. The first kappa shape index (κ1) is 20.0. The molecule has 22 heavy (non-hydrogen) atoms. The number of non-ortho nitro benzene ring substituents is 1. The van der Waals surface area contributed by atoms with Gasteiger partial charge in [0.2, 0.25) is 0 Å². The molecule has 6 nitrogen and oxygen atoms in total. The fraction of sp³-hybridized carbons (Fsp3) is 0.143. The third-order valence-electron chi connectivity index (χ3n) is 1.94. The summed E-state index contributed by atoms with van der Waals surface area (Å²) in [7, 11) is 0. The van der Waals surface area contributed by atoms with Crippen LogP contribution < -0.4 is 10.5 Å². The molecule has 1 aromatic rings. The van der Waals surface area contributed by atoms with Gasteiger partial charge in [-0.3, -0.25) is 10.1 Å². The molecule has 0 spiro atoms. The van der Waals surface area contributed by atoms with E-state index >= 15 is 0 Å². The number of rotatable bonds is 6. The minimum atomic E-state index is -0.472. The van der Waals surface area contributed by atoms with Crippen LogP contribution in [0.25, 0.3) is 0 Å². The molecule has 0 radical (unpaired) electrons. The highest BCUT2D eigenvalue weighted by Gasteiger charge is 2.06. The van der Waals surface area contributed by atoms with Crippen molar-refractivity contribution in [2.75, 3.05) is 6.54 Å². The van der Waals surface area contributed by atoms with Crippen molar-refractivity contribution in [3.05, 3.63) is 70.1 Å². The molecule has 0 aromatic heterocycles. The van der Waals surface area contributed by atoms with Crippen molar-refractivity contribution in [2.45, 2.75) is 11.8 Å². The lowest BCUT2D eigenvalue weighted by atomic mass is 10.3. The van der Waals surface area contributed by atoms with E-state index in [9.17, 15) is 15.2 Å². The number of hydrogen-bond donors (Lipinski definition) is 3. The van der Waals surface area contributed by atoms with Crippen LogP contribution in [0.1, 0.15) is 6.92 Å². The number of nitrogens with zero attached hydrogens (tertiary/aromatic N) is 1. The van der Waals surface area contributed by atoms with Crippen molar-refractivity contribution in [1.29, 1.82) is 0 Å². The monoisotopic (exact) mass is 343 g/mol. The summed E-state index contributed by atoms with van der Waals surface area (Å²) in [5.41, 5.74) is 5.17. The van der Waals surface area contributed by atoms with Crippen LogP contribution in [0, 0.1) is 10.1 Å². The molecule has 0 bridgehead atoms. The molecule has 0 aliphatic carbocycles. The predicted molar refractivity (Wildman–Crippen MR) is 91.7 cm³/mol. The van der Waals surface area contributed by atoms with Crippen LogP contribution in [0.5, 0.6) is 0 Å². The number of aliphatic hydroxyl groups is 1. The fourth-order valence-electron chi connectivity index (χ4n) is 1.08. The third-order valence-corrected chi connectivity index (χ3v) is 2.88. The molecule has 4 N–H and O–H groups in total. The van der Waals surface area contributed by atoms with Crippen molar-refractivity contribution in [1.82, 2.24) is 4.72 Å². The number of nitro benzene ring substituents is 1. The summed E-state index contributed by atoms with van der Waals surface area (Å²) in [5, 5.41) is 20.1. The van der Waals surface area contributed by atoms with Gasteiger partial charge in [-0.2, -0.15) is 0 Å². The Kier molecular flexibility index (Phi) is 9.77. The van der Waals surface area contributed by atoms with Gasteiger partial charge < -0.3 is 15.6 Å². The highest BCUT2D eigenvalue weighted by Crippen LogP contribution is 2.21. The summed E-state index contributed by atoms with van der Waals surface area (Å²) in [4.78, 5) is 10.8. The van der Waals surface area contributed by atoms with Gasteiger partial charge in [-0.25, -0.2) is 0 Å². The van der Waals surface area contributed by atoms with Crippen LogP contribution >= 0.6 is 23.5 Å². The first-order valence-electron chi connectivity index (χ1n) is 6.13. The van der Waals surface area contributed by atoms with Gasteiger partial charge in [-0.1, -0.05) is 31.7 Å². The van der Waals surface area contributed by atoms with E-state index in [2.05, 4.69) is 17.9 Å². The third kappa shape index (κ3) is 8.35. The smallest absolute Gasteiger partial charge is 0.269 e. The maximum atomic E-state index is 10.5. The SMILES string of the molecule is C=C(Cl)/C=C(/NSc1ccc([N+](=O)[O-])cc1)C(=C)O.CCN. The second kappa shape index (κ2) is 10.7. The van der Waals surface area contributed by atoms with Gasteiger partial charge in [0, 0.05) is 22.1 Å². The number of benzene rings is 1. The number of halogens is 1. The number of nitrogens with two attached hydrogens (primary N) is 1. The number of allylic oxidation sites excluding steroid dienone is 2. The molecule has 1 aromatic carbocycles. The maximum absolute atomic E-state index is 10.5. The predicted octanol–water partition coefficient (Wildman–Crippen LogP) is 3.86. The number of nitro groups is 1. The Morgan fingerprint density at radius 1 is 1.50 bits per heavy atom. The first-order chi connectivity index (χ1) is 10.3. The first-order valence-corrected chi connectivity index (χ1v) is 7.33. The zero-order chi connectivity index (χ0) is 17.1. The zero-order valence-corrected chi connectivity index (χ0v) is 13.7. The molecule has 0 saturated heterocycles. The lowest BCUT2D eigenvalue weighted by molar-refractivity contribution is -0.384. The van der Waals surface area contributed by atoms with Crippen LogP contribution in [0.4, 0.5) is 5.69 Å². The fourth-order valence-corrected chi connectivity index (χ4v) is 1.86. The summed E-state index contributed by atoms with van der Waals surface area (Å²) in [6.07, 6.45) is 1.42. The molecule has 1 rings (SSSR count). The average Bonchev–Trinajstić information content (AvgIpc) is 2.44. The Labute approximate surface area is 138 Å². The quantitative estimate of drug-likeness (QED) is 0.238. The maximum Gasteiger partial charge on any atom is 0.269 e. The Hall–Kier alpha value is -1.96. The number of nitrogens with one attached hydrogen (secondary N) is 1. The van der Waals surface area contributed by atoms with Crippen molar-refractivity contribution in [3.63, 3.8) is 0 Å². The minimum Gasteiger partial charge on any atom is -0.506 e. The van der Waals surface area contributed by atoms with E-state index < -0.39 is 4.92 Å². The highest BCUT2D eigenvalue weighted by molar-refractivity contribution is 7.97. The Bertz CT molecular complexity index is 559. The van der Waals surface area contributed by atoms with Crippen LogP contribution in [0.3, 0.4) is 0 Å². The molecule has 0 fully saturated rings. The molecule has 0 atom stereocenters. The second-order valence-corrected chi connectivity index (χ2v) is 5.18. The molecular formula is C14H18ClN3O3S. The summed E-state index contributed by atoms with van der Waals surface area (Å²) in [5.74, 6) is -0.184. The van der Waals surface area contributed by atoms with Gasteiger partial charge in [-0.05, 0) is 36.7 Å². The minimum absolute atomic E-state index is 0.0146. The normalized spacial score (nSPS) is 10.2. The highest BCUT2D eigenvalue weighted by atomic mass is 35.5. The Balaban J connectivity index is 0.00000135. The van der Waals surface area contributed by atoms with Gasteiger partial charge in [0.05, 0.1) is 10.6 Å². The molecule has 120 valence electrons. The van der Waals surface area contributed by atoms with Crippen LogP contribution in [0.2, 0.25) is 0 Å². The van der Waals surface area contributed by atoms with E-state index in [1.807, 2.05) is 6.92 Å². The lowest BCUT2D eigenvalue weighted by Gasteiger charge is -2.08. The number of hydrogen-bond acceptors (Lipinski definition) is 6. The van der Waals surface area contributed by atoms with Crippen molar-refractivity contribution < 1.29 is 10.0 Å². The van der Waals surface area contributed by atoms with E-state index in [-0.39, 0.29) is 16.5 Å². The zero-order valence-electron chi connectivity index (χ0n) is 12.1. The van der Waals surface area contributed by atoms with Gasteiger partial charge in [0.1, 0.15) is 5.76 Å². The average molecular weight is 344 g/mol. The largest absolute Gasteiger partial charge is 0.506 e. The van der Waals surface area contributed by atoms with E-state index in [1.165, 1.54) is 18.2 Å². The summed E-state index contributed by atoms with van der Waals surface area (Å²) in [6.45, 7) is 9.51. The summed E-state index contributed by atoms with van der Waals surface area (Å²) >= 11 is 6.76. The summed E-state index contributed by atoms with van der Waals surface area (Å²) < 4.78 is 2.83. The van der Waals surface area contributed by atoms with Crippen molar-refractivity contribution in [2.24, 2.45) is 5.73 Å². The van der Waals surface area contributed by atoms with Crippen molar-refractivity contribution in [3.8, 4) is 0 Å². The molecule has 0 aliphatic heterocycles. The second-order valence-electron chi connectivity index (χ2n) is 3.81. The van der Waals surface area contributed by atoms with E-state index in [0.29, 0.717) is 5.70 Å². The molecule has 0 heterocycles. The van der Waals surface area contributed by atoms with Gasteiger partial charge in [0.25, 0.3) is 5.69 Å². The molecule has 0 amide bonds. The lowest BCUT2D eigenvalue weighted by Crippen LogP contribution is -2.05. The van der Waals surface area contributed by atoms with Gasteiger partial charge in [-0.15, -0.1) is 0 Å². The Morgan fingerprint density at radius 3 is 2.36 bits per heavy atom. The van der Waals surface area contributed by atoms with Gasteiger partial charge >= 0.3 is 0 Å². The van der Waals surface area contributed by atoms with Crippen molar-refractivity contribution >= 4 is 29.2 Å². The standard InChI is InChI=1S/C12H11ClN2O3S.C2H7N/c1-8(13)7-12(9(2)16)14-19-11-5-3-10(4-6-11)15(17)18;1-2-3/h3-7,14,16H,1-2H2;2-3H2,1H3/b12-7+;. The van der Waals surface area contributed by atoms with Crippen LogP contribution in [0.15, 0.2) is 64.9 Å². The molecule has 8 heteroatoms. The van der Waals surface area contributed by atoms with E-state index in [0.717, 1.165) is 23.4 Å².